The molecule has 0 amide bonds. The first-order valence-corrected chi connectivity index (χ1v) is 15.3. The third-order valence-electron chi connectivity index (χ3n) is 12.8. The van der Waals surface area contributed by atoms with Crippen molar-refractivity contribution in [1.29, 1.82) is 0 Å². The van der Waals surface area contributed by atoms with Crippen molar-refractivity contribution in [2.24, 2.45) is 68.6 Å². The normalized spacial score (nSPS) is 47.9. The highest BCUT2D eigenvalue weighted by Gasteiger charge is 2.63. The van der Waals surface area contributed by atoms with Gasteiger partial charge in [0.1, 0.15) is 11.8 Å². The van der Waals surface area contributed by atoms with Crippen molar-refractivity contribution >= 4 is 18.3 Å². The molecular formula is C34H51NO2. The van der Waals surface area contributed by atoms with Crippen molar-refractivity contribution in [1.82, 2.24) is 0 Å². The predicted octanol–water partition coefficient (Wildman–Crippen LogP) is 7.89. The minimum Gasteiger partial charge on any atom is -0.303 e. The van der Waals surface area contributed by atoms with E-state index in [0.717, 1.165) is 24.2 Å². The molecule has 0 aromatic rings. The molecule has 3 nitrogen and oxygen atoms in total. The van der Waals surface area contributed by atoms with E-state index < -0.39 is 11.0 Å². The highest BCUT2D eigenvalue weighted by atomic mass is 16.1. The van der Waals surface area contributed by atoms with Crippen LogP contribution in [-0.4, -0.2) is 23.8 Å². The van der Waals surface area contributed by atoms with Crippen LogP contribution in [0.2, 0.25) is 0 Å². The van der Waals surface area contributed by atoms with Gasteiger partial charge in [-0.1, -0.05) is 60.6 Å². The van der Waals surface area contributed by atoms with E-state index in [4.69, 9.17) is 4.99 Å². The number of aliphatic imine (C=N–C) groups is 1. The lowest BCUT2D eigenvalue weighted by Gasteiger charge is -2.62. The Morgan fingerprint density at radius 1 is 0.919 bits per heavy atom. The number of allylic oxidation sites excluding steroid dienone is 3. The zero-order chi connectivity index (χ0) is 26.8. The molecule has 1 aliphatic heterocycles. The molecule has 204 valence electrons. The van der Waals surface area contributed by atoms with Gasteiger partial charge >= 0.3 is 0 Å². The Morgan fingerprint density at radius 2 is 1.59 bits per heavy atom. The molecule has 4 fully saturated rings. The fraction of sp³-hybridized carbons (Fsp3) is 0.794. The Kier molecular flexibility index (Phi) is 6.81. The fourth-order valence-corrected chi connectivity index (χ4v) is 10.9. The Hall–Kier alpha value is -1.51. The van der Waals surface area contributed by atoms with Crippen LogP contribution < -0.4 is 0 Å². The molecule has 0 aromatic heterocycles. The molecule has 4 saturated carbocycles. The van der Waals surface area contributed by atoms with Crippen LogP contribution in [0.15, 0.2) is 29.3 Å². The van der Waals surface area contributed by atoms with Gasteiger partial charge in [-0.05, 0) is 116 Å². The molecule has 0 bridgehead atoms. The van der Waals surface area contributed by atoms with E-state index in [-0.39, 0.29) is 23.0 Å². The van der Waals surface area contributed by atoms with Crippen LogP contribution >= 0.6 is 0 Å². The fourth-order valence-electron chi connectivity index (χ4n) is 10.9. The van der Waals surface area contributed by atoms with Gasteiger partial charge in [-0.2, -0.15) is 0 Å². The molecule has 0 aromatic carbocycles. The molecule has 0 N–H and O–H groups in total. The SMILES string of the molecule is CC1C(C=O)CC[C@@]2(C)C1CC[C@H]1[C@@H]3CC[C@H](C(C)C4(C(=O)C(C)(C)C)C=CC=CC=N4)[C@@]3(C)CC[C@@H]12. The molecule has 0 radical (unpaired) electrons. The van der Waals surface area contributed by atoms with Crippen molar-refractivity contribution in [3.63, 3.8) is 0 Å². The maximum Gasteiger partial charge on any atom is 0.169 e. The molecular weight excluding hydrogens is 454 g/mol. The van der Waals surface area contributed by atoms with Crippen LogP contribution in [0.5, 0.6) is 0 Å². The van der Waals surface area contributed by atoms with Gasteiger partial charge in [-0.3, -0.25) is 9.79 Å². The molecule has 5 rings (SSSR count). The molecule has 37 heavy (non-hydrogen) atoms. The summed E-state index contributed by atoms with van der Waals surface area (Å²) < 4.78 is 0. The number of Topliss-reactive ketones (excluding diaryl/α,β-unsaturated/α-hetero) is 1. The van der Waals surface area contributed by atoms with E-state index >= 15 is 0 Å². The third-order valence-corrected chi connectivity index (χ3v) is 12.8. The number of fused-ring (bicyclic) bond motifs is 5. The van der Waals surface area contributed by atoms with Crippen LogP contribution in [0.25, 0.3) is 0 Å². The van der Waals surface area contributed by atoms with E-state index in [2.05, 4.69) is 60.6 Å². The molecule has 0 spiro atoms. The van der Waals surface area contributed by atoms with Gasteiger partial charge < -0.3 is 4.79 Å². The molecule has 4 aliphatic carbocycles. The lowest BCUT2D eigenvalue weighted by Crippen LogP contribution is -2.57. The monoisotopic (exact) mass is 505 g/mol. The van der Waals surface area contributed by atoms with E-state index in [1.807, 2.05) is 18.4 Å². The summed E-state index contributed by atoms with van der Waals surface area (Å²) in [5.74, 6) is 4.74. The zero-order valence-electron chi connectivity index (χ0n) is 24.5. The number of hydrogen-bond acceptors (Lipinski definition) is 3. The standard InChI is InChI=1S/C34H51NO2/c1-22-24(21-36)15-18-32(6)26(22)12-11-25-28-14-13-27(33(28,7)19-16-29(25)32)23(2)34(30(37)31(3,4)5)17-9-8-10-20-35-34/h8-10,17,20-29H,11-16,18-19H2,1-7H3/t22?,23?,24?,25-,26?,27+,28-,29-,32-,33+,34?/m0/s1. The van der Waals surface area contributed by atoms with Crippen molar-refractivity contribution in [2.75, 3.05) is 0 Å². The number of ketones is 1. The molecule has 5 aliphatic rings. The largest absolute Gasteiger partial charge is 0.303 e. The van der Waals surface area contributed by atoms with Crippen LogP contribution in [0.1, 0.15) is 99.8 Å². The summed E-state index contributed by atoms with van der Waals surface area (Å²) in [6, 6.07) is 0. The molecule has 0 saturated heterocycles. The number of aldehydes is 1. The van der Waals surface area contributed by atoms with Crippen LogP contribution in [0.3, 0.4) is 0 Å². The number of nitrogens with zero attached hydrogens (tertiary/aromatic N) is 1. The lowest BCUT2D eigenvalue weighted by molar-refractivity contribution is -0.145. The zero-order valence-corrected chi connectivity index (χ0v) is 24.5. The summed E-state index contributed by atoms with van der Waals surface area (Å²) in [6.45, 7) is 16.0. The number of rotatable bonds is 4. The van der Waals surface area contributed by atoms with E-state index in [1.54, 1.807) is 0 Å². The average Bonchev–Trinajstić information content (AvgIpc) is 3.02. The second-order valence-electron chi connectivity index (χ2n) is 15.2. The quantitative estimate of drug-likeness (QED) is 0.365. The minimum absolute atomic E-state index is 0.174. The van der Waals surface area contributed by atoms with Crippen molar-refractivity contribution in [2.45, 2.75) is 105 Å². The summed E-state index contributed by atoms with van der Waals surface area (Å²) in [4.78, 5) is 30.8. The van der Waals surface area contributed by atoms with E-state index in [0.29, 0.717) is 23.2 Å². The smallest absolute Gasteiger partial charge is 0.169 e. The maximum absolute atomic E-state index is 14.0. The molecule has 1 heterocycles. The van der Waals surface area contributed by atoms with E-state index in [1.165, 1.54) is 51.2 Å². The first-order valence-electron chi connectivity index (χ1n) is 15.3. The van der Waals surface area contributed by atoms with Gasteiger partial charge in [-0.15, -0.1) is 0 Å². The van der Waals surface area contributed by atoms with Gasteiger partial charge in [-0.25, -0.2) is 0 Å². The third kappa shape index (κ3) is 3.99. The maximum atomic E-state index is 14.0. The summed E-state index contributed by atoms with van der Waals surface area (Å²) in [7, 11) is 0. The number of hydrogen-bond donors (Lipinski definition) is 0. The molecule has 3 heteroatoms. The van der Waals surface area contributed by atoms with Crippen molar-refractivity contribution in [3.8, 4) is 0 Å². The summed E-state index contributed by atoms with van der Waals surface area (Å²) >= 11 is 0. The highest BCUT2D eigenvalue weighted by molar-refractivity contribution is 5.97. The second kappa shape index (κ2) is 9.30. The van der Waals surface area contributed by atoms with Crippen molar-refractivity contribution in [3.05, 3.63) is 24.3 Å². The van der Waals surface area contributed by atoms with Crippen LogP contribution in [-0.2, 0) is 9.59 Å². The van der Waals surface area contributed by atoms with Crippen LogP contribution in [0, 0.1) is 63.6 Å². The molecule has 5 unspecified atom stereocenters. The minimum atomic E-state index is -0.784. The van der Waals surface area contributed by atoms with Crippen molar-refractivity contribution < 1.29 is 9.59 Å². The Morgan fingerprint density at radius 3 is 2.30 bits per heavy atom. The second-order valence-corrected chi connectivity index (χ2v) is 15.2. The van der Waals surface area contributed by atoms with Crippen LogP contribution in [0.4, 0.5) is 0 Å². The summed E-state index contributed by atoms with van der Waals surface area (Å²) in [6.07, 6.45) is 21.3. The first-order chi connectivity index (χ1) is 17.4. The van der Waals surface area contributed by atoms with Gasteiger partial charge in [0.25, 0.3) is 0 Å². The summed E-state index contributed by atoms with van der Waals surface area (Å²) in [5.41, 5.74) is -0.575. The number of carbonyl (C=O) groups excluding carboxylic acids is 2. The number of carbonyl (C=O) groups is 2. The highest BCUT2D eigenvalue weighted by Crippen LogP contribution is 2.69. The van der Waals surface area contributed by atoms with Gasteiger partial charge in [0.2, 0.25) is 0 Å². The summed E-state index contributed by atoms with van der Waals surface area (Å²) in [5, 5.41) is 0. The molecule has 11 atom stereocenters. The predicted molar refractivity (Wildman–Crippen MR) is 152 cm³/mol. The lowest BCUT2D eigenvalue weighted by atomic mass is 9.42. The van der Waals surface area contributed by atoms with E-state index in [9.17, 15) is 9.59 Å². The Labute approximate surface area is 226 Å². The van der Waals surface area contributed by atoms with Gasteiger partial charge in [0.05, 0.1) is 0 Å². The average molecular weight is 506 g/mol. The first kappa shape index (κ1) is 27.1. The Balaban J connectivity index is 1.44. The topological polar surface area (TPSA) is 46.5 Å². The van der Waals surface area contributed by atoms with Gasteiger partial charge in [0.15, 0.2) is 5.78 Å². The Bertz CT molecular complexity index is 984. The van der Waals surface area contributed by atoms with Gasteiger partial charge in [0, 0.05) is 17.5 Å².